The molecule has 0 saturated heterocycles. The molecule has 0 aromatic carbocycles. The van der Waals surface area contributed by atoms with Gasteiger partial charge in [-0.2, -0.15) is 0 Å². The van der Waals surface area contributed by atoms with Crippen LogP contribution in [0.15, 0.2) is 11.7 Å². The first-order chi connectivity index (χ1) is 10.2. The first-order valence-electron chi connectivity index (χ1n) is 7.35. The van der Waals surface area contributed by atoms with Crippen LogP contribution in [-0.4, -0.2) is 28.5 Å². The summed E-state index contributed by atoms with van der Waals surface area (Å²) in [7, 11) is 2.06. The summed E-state index contributed by atoms with van der Waals surface area (Å²) < 4.78 is 0. The first kappa shape index (κ1) is 15.7. The van der Waals surface area contributed by atoms with Crippen LogP contribution in [0.1, 0.15) is 36.5 Å². The molecule has 0 aliphatic carbocycles. The van der Waals surface area contributed by atoms with Gasteiger partial charge in [-0.15, -0.1) is 11.3 Å². The molecule has 2 aromatic rings. The van der Waals surface area contributed by atoms with Gasteiger partial charge < -0.3 is 10.2 Å². The minimum absolute atomic E-state index is 0.765. The van der Waals surface area contributed by atoms with E-state index in [9.17, 15) is 0 Å². The van der Waals surface area contributed by atoms with E-state index < -0.39 is 0 Å². The van der Waals surface area contributed by atoms with Crippen molar-refractivity contribution in [2.75, 3.05) is 23.8 Å². The van der Waals surface area contributed by atoms with E-state index in [1.54, 1.807) is 17.7 Å². The highest BCUT2D eigenvalue weighted by Crippen LogP contribution is 2.24. The van der Waals surface area contributed by atoms with Gasteiger partial charge in [-0.05, 0) is 19.8 Å². The van der Waals surface area contributed by atoms with Crippen LogP contribution in [0.4, 0.5) is 11.6 Å². The zero-order valence-electron chi connectivity index (χ0n) is 13.2. The van der Waals surface area contributed by atoms with Crippen molar-refractivity contribution in [1.82, 2.24) is 15.0 Å². The fourth-order valence-corrected chi connectivity index (χ4v) is 2.86. The molecule has 21 heavy (non-hydrogen) atoms. The number of aryl methyl sites for hydroxylation is 1. The Morgan fingerprint density at radius 3 is 2.71 bits per heavy atom. The molecule has 6 heteroatoms. The molecular formula is C15H23N5S. The van der Waals surface area contributed by atoms with Crippen LogP contribution in [0.5, 0.6) is 0 Å². The van der Waals surface area contributed by atoms with E-state index in [4.69, 9.17) is 0 Å². The number of aromatic nitrogens is 3. The Labute approximate surface area is 130 Å². The molecule has 2 aromatic heterocycles. The van der Waals surface area contributed by atoms with Crippen molar-refractivity contribution in [3.63, 3.8) is 0 Å². The molecule has 0 aliphatic rings. The summed E-state index contributed by atoms with van der Waals surface area (Å²) in [6.45, 7) is 8.01. The number of nitrogens with one attached hydrogen (secondary N) is 1. The minimum Gasteiger partial charge on any atom is -0.370 e. The van der Waals surface area contributed by atoms with Gasteiger partial charge in [0.05, 0.1) is 17.2 Å². The maximum atomic E-state index is 4.52. The lowest BCUT2D eigenvalue weighted by atomic mass is 10.2. The highest BCUT2D eigenvalue weighted by molar-refractivity contribution is 7.09. The second-order valence-electron chi connectivity index (χ2n) is 5.02. The summed E-state index contributed by atoms with van der Waals surface area (Å²) in [4.78, 5) is 15.5. The lowest BCUT2D eigenvalue weighted by Crippen LogP contribution is -2.21. The zero-order chi connectivity index (χ0) is 15.2. The van der Waals surface area contributed by atoms with Crippen LogP contribution >= 0.6 is 11.3 Å². The summed E-state index contributed by atoms with van der Waals surface area (Å²) in [6.07, 6.45) is 3.62. The van der Waals surface area contributed by atoms with Crippen molar-refractivity contribution in [2.24, 2.45) is 0 Å². The van der Waals surface area contributed by atoms with Crippen molar-refractivity contribution in [2.45, 2.75) is 40.2 Å². The summed E-state index contributed by atoms with van der Waals surface area (Å²) in [5.74, 6) is 1.93. The van der Waals surface area contributed by atoms with Crippen molar-refractivity contribution in [1.29, 1.82) is 0 Å². The molecule has 0 aliphatic heterocycles. The molecule has 0 radical (unpaired) electrons. The van der Waals surface area contributed by atoms with Gasteiger partial charge in [-0.25, -0.2) is 15.0 Å². The van der Waals surface area contributed by atoms with Crippen molar-refractivity contribution in [3.8, 4) is 0 Å². The molecular weight excluding hydrogens is 282 g/mol. The molecule has 2 rings (SSSR count). The number of nitrogens with zero attached hydrogens (tertiary/aromatic N) is 4. The van der Waals surface area contributed by atoms with Crippen LogP contribution in [0.25, 0.3) is 0 Å². The summed E-state index contributed by atoms with van der Waals surface area (Å²) in [5.41, 5.74) is 2.25. The average Bonchev–Trinajstić information content (AvgIpc) is 2.89. The predicted octanol–water partition coefficient (Wildman–Crippen LogP) is 3.26. The van der Waals surface area contributed by atoms with E-state index in [0.717, 1.165) is 48.3 Å². The van der Waals surface area contributed by atoms with Gasteiger partial charge in [0, 0.05) is 24.5 Å². The Morgan fingerprint density at radius 2 is 2.10 bits per heavy atom. The predicted molar refractivity (Wildman–Crippen MR) is 89.1 cm³/mol. The second kappa shape index (κ2) is 7.36. The third-order valence-electron chi connectivity index (χ3n) is 3.25. The molecule has 0 bridgehead atoms. The van der Waals surface area contributed by atoms with Crippen molar-refractivity contribution >= 4 is 23.0 Å². The summed E-state index contributed by atoms with van der Waals surface area (Å²) in [6, 6.07) is 0. The highest BCUT2D eigenvalue weighted by Gasteiger charge is 2.14. The third-order valence-corrected chi connectivity index (χ3v) is 4.07. The van der Waals surface area contributed by atoms with Crippen LogP contribution in [0.3, 0.4) is 0 Å². The van der Waals surface area contributed by atoms with Crippen molar-refractivity contribution in [3.05, 3.63) is 28.0 Å². The Kier molecular flexibility index (Phi) is 5.50. The van der Waals surface area contributed by atoms with Gasteiger partial charge in [0.25, 0.3) is 0 Å². The zero-order valence-corrected chi connectivity index (χ0v) is 14.0. The quantitative estimate of drug-likeness (QED) is 0.851. The Balaban J connectivity index is 2.21. The van der Waals surface area contributed by atoms with E-state index >= 15 is 0 Å². The lowest BCUT2D eigenvalue weighted by molar-refractivity contribution is 0.847. The van der Waals surface area contributed by atoms with Gasteiger partial charge in [-0.1, -0.05) is 13.8 Å². The van der Waals surface area contributed by atoms with Gasteiger partial charge >= 0.3 is 0 Å². The Morgan fingerprint density at radius 1 is 1.29 bits per heavy atom. The average molecular weight is 305 g/mol. The van der Waals surface area contributed by atoms with Gasteiger partial charge in [0.2, 0.25) is 0 Å². The van der Waals surface area contributed by atoms with Gasteiger partial charge in [0.1, 0.15) is 18.0 Å². The number of hydrogen-bond donors (Lipinski definition) is 1. The molecule has 0 saturated carbocycles. The second-order valence-corrected chi connectivity index (χ2v) is 6.08. The van der Waals surface area contributed by atoms with E-state index in [1.807, 2.05) is 6.92 Å². The van der Waals surface area contributed by atoms with Crippen LogP contribution < -0.4 is 10.2 Å². The highest BCUT2D eigenvalue weighted by atomic mass is 32.1. The first-order valence-corrected chi connectivity index (χ1v) is 8.23. The van der Waals surface area contributed by atoms with Gasteiger partial charge in [-0.3, -0.25) is 0 Å². The van der Waals surface area contributed by atoms with Crippen molar-refractivity contribution < 1.29 is 0 Å². The molecule has 0 unspecified atom stereocenters. The maximum absolute atomic E-state index is 4.52. The summed E-state index contributed by atoms with van der Waals surface area (Å²) >= 11 is 1.68. The van der Waals surface area contributed by atoms with Crippen LogP contribution in [0.2, 0.25) is 0 Å². The molecule has 0 fully saturated rings. The Hall–Kier alpha value is -1.69. The van der Waals surface area contributed by atoms with E-state index in [-0.39, 0.29) is 0 Å². The fraction of sp³-hybridized carbons (Fsp3) is 0.533. The fourth-order valence-electron chi connectivity index (χ4n) is 2.25. The lowest BCUT2D eigenvalue weighted by Gasteiger charge is -2.21. The van der Waals surface area contributed by atoms with E-state index in [2.05, 4.69) is 51.4 Å². The molecule has 0 amide bonds. The molecule has 2 heterocycles. The largest absolute Gasteiger partial charge is 0.370 e. The topological polar surface area (TPSA) is 53.9 Å². The smallest absolute Gasteiger partial charge is 0.137 e. The number of hydrogen-bond acceptors (Lipinski definition) is 6. The van der Waals surface area contributed by atoms with E-state index in [1.165, 1.54) is 5.56 Å². The number of thiazole rings is 1. The minimum atomic E-state index is 0.765. The molecule has 5 nitrogen and oxygen atoms in total. The van der Waals surface area contributed by atoms with E-state index in [0.29, 0.717) is 0 Å². The monoisotopic (exact) mass is 305 g/mol. The SMILES string of the molecule is CCCNc1ncnc(N(C)Cc2csc(C)n2)c1CC. The van der Waals surface area contributed by atoms with Crippen LogP contribution in [0, 0.1) is 6.92 Å². The summed E-state index contributed by atoms with van der Waals surface area (Å²) in [5, 5.41) is 6.59. The normalized spacial score (nSPS) is 10.7. The molecule has 0 spiro atoms. The van der Waals surface area contributed by atoms with Gasteiger partial charge in [0.15, 0.2) is 0 Å². The van der Waals surface area contributed by atoms with Crippen LogP contribution in [-0.2, 0) is 13.0 Å². The maximum Gasteiger partial charge on any atom is 0.137 e. The number of anilines is 2. The molecule has 0 atom stereocenters. The Bertz CT molecular complexity index is 581. The third kappa shape index (κ3) is 3.91. The molecule has 1 N–H and O–H groups in total. The standard InChI is InChI=1S/C15H23N5S/c1-5-7-16-14-13(6-2)15(18-10-17-14)20(4)8-12-9-21-11(3)19-12/h9-10H,5-8H2,1-4H3,(H,16,17,18). The molecule has 114 valence electrons. The number of rotatable bonds is 7.